The number of ketones is 1. The number of benzene rings is 1. The van der Waals surface area contributed by atoms with Gasteiger partial charge in [0.2, 0.25) is 5.78 Å². The molecule has 0 unspecified atom stereocenters. The largest absolute Gasteiger partial charge is 0.329 e. The highest BCUT2D eigenvalue weighted by molar-refractivity contribution is 5.94. The summed E-state index contributed by atoms with van der Waals surface area (Å²) in [5.74, 6) is -1.71. The fourth-order valence-corrected chi connectivity index (χ4v) is 1.90. The molecule has 1 aromatic heterocycles. The summed E-state index contributed by atoms with van der Waals surface area (Å²) in [5.41, 5.74) is 0.440. The summed E-state index contributed by atoms with van der Waals surface area (Å²) in [7, 11) is 0. The predicted molar refractivity (Wildman–Crippen MR) is 66.9 cm³/mol. The molecule has 0 aliphatic carbocycles. The van der Waals surface area contributed by atoms with E-state index in [1.165, 1.54) is 6.07 Å². The number of carbonyl (C=O) groups excluding carboxylic acids is 1. The zero-order chi connectivity index (χ0) is 13.8. The molecular formula is C14H14F2N2O. The SMILES string of the molecule is CCCn1ccnc1C(=O)Cc1ccc(F)c(F)c1. The van der Waals surface area contributed by atoms with Crippen molar-refractivity contribution in [3.05, 3.63) is 53.6 Å². The number of imidazole rings is 1. The minimum Gasteiger partial charge on any atom is -0.329 e. The third-order valence-corrected chi connectivity index (χ3v) is 2.78. The molecule has 0 atom stereocenters. The second kappa shape index (κ2) is 5.73. The first-order valence-electron chi connectivity index (χ1n) is 6.10. The molecule has 0 spiro atoms. The van der Waals surface area contributed by atoms with Gasteiger partial charge in [-0.05, 0) is 24.1 Å². The number of aromatic nitrogens is 2. The maximum Gasteiger partial charge on any atom is 0.202 e. The van der Waals surface area contributed by atoms with Gasteiger partial charge in [-0.1, -0.05) is 13.0 Å². The van der Waals surface area contributed by atoms with Crippen LogP contribution < -0.4 is 0 Å². The van der Waals surface area contributed by atoms with E-state index in [1.807, 2.05) is 6.92 Å². The van der Waals surface area contributed by atoms with Crippen molar-refractivity contribution in [2.75, 3.05) is 0 Å². The van der Waals surface area contributed by atoms with Crippen molar-refractivity contribution in [3.8, 4) is 0 Å². The van der Waals surface area contributed by atoms with Gasteiger partial charge in [-0.2, -0.15) is 0 Å². The van der Waals surface area contributed by atoms with E-state index in [0.717, 1.165) is 18.6 Å². The van der Waals surface area contributed by atoms with Crippen LogP contribution in [0.25, 0.3) is 0 Å². The summed E-state index contributed by atoms with van der Waals surface area (Å²) in [4.78, 5) is 16.1. The summed E-state index contributed by atoms with van der Waals surface area (Å²) < 4.78 is 27.6. The number of aryl methyl sites for hydroxylation is 1. The van der Waals surface area contributed by atoms with E-state index >= 15 is 0 Å². The lowest BCUT2D eigenvalue weighted by Crippen LogP contribution is -2.12. The first-order valence-corrected chi connectivity index (χ1v) is 6.10. The van der Waals surface area contributed by atoms with Crippen molar-refractivity contribution in [1.29, 1.82) is 0 Å². The summed E-state index contributed by atoms with van der Waals surface area (Å²) >= 11 is 0. The highest BCUT2D eigenvalue weighted by atomic mass is 19.2. The molecule has 0 aliphatic rings. The van der Waals surface area contributed by atoms with Crippen molar-refractivity contribution in [2.45, 2.75) is 26.3 Å². The second-order valence-electron chi connectivity index (χ2n) is 4.29. The average Bonchev–Trinajstić information content (AvgIpc) is 2.83. The van der Waals surface area contributed by atoms with Crippen LogP contribution in [0.4, 0.5) is 8.78 Å². The van der Waals surface area contributed by atoms with Gasteiger partial charge < -0.3 is 4.57 Å². The number of carbonyl (C=O) groups is 1. The van der Waals surface area contributed by atoms with E-state index in [2.05, 4.69) is 4.98 Å². The molecule has 1 heterocycles. The minimum absolute atomic E-state index is 0.0118. The van der Waals surface area contributed by atoms with Gasteiger partial charge in [0.1, 0.15) is 0 Å². The van der Waals surface area contributed by atoms with Crippen LogP contribution >= 0.6 is 0 Å². The topological polar surface area (TPSA) is 34.9 Å². The van der Waals surface area contributed by atoms with Gasteiger partial charge in [0.25, 0.3) is 0 Å². The Labute approximate surface area is 109 Å². The number of hydrogen-bond donors (Lipinski definition) is 0. The molecule has 1 aromatic carbocycles. The molecule has 100 valence electrons. The summed E-state index contributed by atoms with van der Waals surface area (Å²) in [6, 6.07) is 3.47. The van der Waals surface area contributed by atoms with E-state index in [1.54, 1.807) is 17.0 Å². The van der Waals surface area contributed by atoms with Gasteiger partial charge >= 0.3 is 0 Å². The van der Waals surface area contributed by atoms with Crippen LogP contribution in [0.2, 0.25) is 0 Å². The summed E-state index contributed by atoms with van der Waals surface area (Å²) in [6.07, 6.45) is 4.20. The van der Waals surface area contributed by atoms with Crippen molar-refractivity contribution in [1.82, 2.24) is 9.55 Å². The van der Waals surface area contributed by atoms with Gasteiger partial charge in [0.15, 0.2) is 17.5 Å². The van der Waals surface area contributed by atoms with Crippen LogP contribution in [0, 0.1) is 11.6 Å². The quantitative estimate of drug-likeness (QED) is 0.778. The Bertz CT molecular complexity index is 593. The molecule has 3 nitrogen and oxygen atoms in total. The van der Waals surface area contributed by atoms with E-state index in [0.29, 0.717) is 17.9 Å². The molecule has 0 saturated heterocycles. The maximum atomic E-state index is 13.1. The Hall–Kier alpha value is -2.04. The van der Waals surface area contributed by atoms with Gasteiger partial charge in [-0.15, -0.1) is 0 Å². The van der Waals surface area contributed by atoms with Crippen LogP contribution in [-0.2, 0) is 13.0 Å². The summed E-state index contributed by atoms with van der Waals surface area (Å²) in [6.45, 7) is 2.71. The molecule has 0 aliphatic heterocycles. The summed E-state index contributed by atoms with van der Waals surface area (Å²) in [5, 5.41) is 0. The standard InChI is InChI=1S/C14H14F2N2O/c1-2-6-18-7-5-17-14(18)13(19)9-10-3-4-11(15)12(16)8-10/h3-5,7-8H,2,6,9H2,1H3. The van der Waals surface area contributed by atoms with E-state index in [4.69, 9.17) is 0 Å². The number of halogens is 2. The van der Waals surface area contributed by atoms with Gasteiger partial charge in [0, 0.05) is 25.4 Å². The number of hydrogen-bond acceptors (Lipinski definition) is 2. The predicted octanol–water partition coefficient (Wildman–Crippen LogP) is 3.00. The monoisotopic (exact) mass is 264 g/mol. The number of Topliss-reactive ketones (excluding diaryl/α,β-unsaturated/α-hetero) is 1. The van der Waals surface area contributed by atoms with Crippen molar-refractivity contribution < 1.29 is 13.6 Å². The molecule has 0 radical (unpaired) electrons. The molecule has 5 heteroatoms. The second-order valence-corrected chi connectivity index (χ2v) is 4.29. The zero-order valence-corrected chi connectivity index (χ0v) is 10.6. The Kier molecular flexibility index (Phi) is 4.04. The highest BCUT2D eigenvalue weighted by Gasteiger charge is 2.14. The van der Waals surface area contributed by atoms with Crippen molar-refractivity contribution in [2.24, 2.45) is 0 Å². The van der Waals surface area contributed by atoms with Crippen LogP contribution in [0.15, 0.2) is 30.6 Å². The molecular weight excluding hydrogens is 250 g/mol. The first-order chi connectivity index (χ1) is 9.11. The molecule has 2 aromatic rings. The average molecular weight is 264 g/mol. The molecule has 19 heavy (non-hydrogen) atoms. The maximum absolute atomic E-state index is 13.1. The molecule has 0 amide bonds. The fourth-order valence-electron chi connectivity index (χ4n) is 1.90. The molecule has 2 rings (SSSR count). The lowest BCUT2D eigenvalue weighted by molar-refractivity contribution is 0.0978. The van der Waals surface area contributed by atoms with Crippen LogP contribution in [0.1, 0.15) is 29.5 Å². The Morgan fingerprint density at radius 2 is 2.11 bits per heavy atom. The van der Waals surface area contributed by atoms with Crippen molar-refractivity contribution in [3.63, 3.8) is 0 Å². The number of rotatable bonds is 5. The first kappa shape index (κ1) is 13.4. The van der Waals surface area contributed by atoms with Crippen molar-refractivity contribution >= 4 is 5.78 Å². The molecule has 0 saturated carbocycles. The van der Waals surface area contributed by atoms with Gasteiger partial charge in [0.05, 0.1) is 0 Å². The Morgan fingerprint density at radius 1 is 1.32 bits per heavy atom. The zero-order valence-electron chi connectivity index (χ0n) is 10.6. The lowest BCUT2D eigenvalue weighted by atomic mass is 10.1. The lowest BCUT2D eigenvalue weighted by Gasteiger charge is -2.05. The molecule has 0 N–H and O–H groups in total. The van der Waals surface area contributed by atoms with E-state index < -0.39 is 11.6 Å². The molecule has 0 fully saturated rings. The van der Waals surface area contributed by atoms with Crippen LogP contribution in [-0.4, -0.2) is 15.3 Å². The minimum atomic E-state index is -0.942. The third kappa shape index (κ3) is 3.05. The van der Waals surface area contributed by atoms with E-state index in [9.17, 15) is 13.6 Å². The Morgan fingerprint density at radius 3 is 2.79 bits per heavy atom. The highest BCUT2D eigenvalue weighted by Crippen LogP contribution is 2.11. The van der Waals surface area contributed by atoms with Crippen LogP contribution in [0.5, 0.6) is 0 Å². The Balaban J connectivity index is 2.16. The smallest absolute Gasteiger partial charge is 0.202 e. The van der Waals surface area contributed by atoms with Gasteiger partial charge in [-0.3, -0.25) is 4.79 Å². The van der Waals surface area contributed by atoms with Gasteiger partial charge in [-0.25, -0.2) is 13.8 Å². The van der Waals surface area contributed by atoms with E-state index in [-0.39, 0.29) is 12.2 Å². The number of nitrogens with zero attached hydrogens (tertiary/aromatic N) is 2. The van der Waals surface area contributed by atoms with Crippen LogP contribution in [0.3, 0.4) is 0 Å². The normalized spacial score (nSPS) is 10.7. The molecule has 0 bridgehead atoms. The fraction of sp³-hybridized carbons (Fsp3) is 0.286. The third-order valence-electron chi connectivity index (χ3n) is 2.78.